The molecule has 0 bridgehead atoms. The van der Waals surface area contributed by atoms with E-state index in [4.69, 9.17) is 23.1 Å². The second kappa shape index (κ2) is 11.1. The van der Waals surface area contributed by atoms with Crippen molar-refractivity contribution in [2.75, 3.05) is 18.8 Å². The van der Waals surface area contributed by atoms with Crippen LogP contribution < -0.4 is 16.8 Å². The largest absolute Gasteiger partial charge is 0.384 e. The third-order valence-electron chi connectivity index (χ3n) is 5.24. The molecule has 0 atom stereocenters. The summed E-state index contributed by atoms with van der Waals surface area (Å²) < 4.78 is 0. The fraction of sp³-hybridized carbons (Fsp3) is 0.111. The molecule has 1 amide bonds. The van der Waals surface area contributed by atoms with Gasteiger partial charge in [-0.05, 0) is 55.0 Å². The second-order valence-corrected chi connectivity index (χ2v) is 8.13. The number of fused-ring (bicyclic) bond motifs is 1. The van der Waals surface area contributed by atoms with Crippen molar-refractivity contribution in [3.05, 3.63) is 100 Å². The number of carbonyl (C=O) groups excluding carboxylic acids is 1. The molecule has 2 aromatic carbocycles. The fourth-order valence-corrected chi connectivity index (χ4v) is 3.54. The van der Waals surface area contributed by atoms with Crippen LogP contribution in [0.1, 0.15) is 33.5 Å². The summed E-state index contributed by atoms with van der Waals surface area (Å²) in [5, 5.41) is 5.25. The van der Waals surface area contributed by atoms with E-state index < -0.39 is 0 Å². The molecular formula is C27H23ClN6O. The molecule has 35 heavy (non-hydrogen) atoms. The van der Waals surface area contributed by atoms with E-state index in [2.05, 4.69) is 32.1 Å². The first-order valence-electron chi connectivity index (χ1n) is 11.0. The van der Waals surface area contributed by atoms with E-state index in [0.29, 0.717) is 47.3 Å². The van der Waals surface area contributed by atoms with Crippen LogP contribution in [0, 0.1) is 11.8 Å². The molecule has 4 rings (SSSR count). The highest BCUT2D eigenvalue weighted by Crippen LogP contribution is 2.24. The van der Waals surface area contributed by atoms with Gasteiger partial charge in [-0.1, -0.05) is 29.5 Å². The van der Waals surface area contributed by atoms with E-state index in [0.717, 1.165) is 21.9 Å². The Morgan fingerprint density at radius 3 is 2.57 bits per heavy atom. The average Bonchev–Trinajstić information content (AvgIpc) is 2.88. The van der Waals surface area contributed by atoms with E-state index in [1.807, 2.05) is 12.1 Å². The lowest BCUT2D eigenvalue weighted by molar-refractivity contribution is 0.0953. The number of nitrogens with zero attached hydrogens (tertiary/aromatic N) is 3. The van der Waals surface area contributed by atoms with Crippen LogP contribution in [-0.4, -0.2) is 34.8 Å². The zero-order valence-corrected chi connectivity index (χ0v) is 19.6. The molecule has 5 N–H and O–H groups in total. The predicted molar refractivity (Wildman–Crippen MR) is 140 cm³/mol. The number of pyridine rings is 2. The summed E-state index contributed by atoms with van der Waals surface area (Å²) in [5.41, 5.74) is 14.8. The Morgan fingerprint density at radius 2 is 1.80 bits per heavy atom. The number of aromatic nitrogens is 2. The van der Waals surface area contributed by atoms with Crippen molar-refractivity contribution in [3.8, 4) is 11.8 Å². The summed E-state index contributed by atoms with van der Waals surface area (Å²) in [6.45, 7) is 1.00. The van der Waals surface area contributed by atoms with Crippen LogP contribution in [-0.2, 0) is 0 Å². The van der Waals surface area contributed by atoms with Gasteiger partial charge in [0.1, 0.15) is 11.7 Å². The first-order chi connectivity index (χ1) is 17.0. The van der Waals surface area contributed by atoms with Crippen LogP contribution >= 0.6 is 11.6 Å². The average molecular weight is 483 g/mol. The number of nitrogens with one attached hydrogen (secondary N) is 1. The van der Waals surface area contributed by atoms with Gasteiger partial charge in [0.2, 0.25) is 0 Å². The SMILES string of the molecule is NC(=NCCCNC(=O)c1ccc(C#Cc2c(N)ncc3ccc(Cl)cc23)cc1)c1ccncc1. The Kier molecular flexibility index (Phi) is 7.56. The fourth-order valence-electron chi connectivity index (χ4n) is 3.37. The van der Waals surface area contributed by atoms with Crippen LogP contribution in [0.2, 0.25) is 5.02 Å². The monoisotopic (exact) mass is 482 g/mol. The maximum atomic E-state index is 12.4. The normalized spacial score (nSPS) is 11.1. The zero-order chi connectivity index (χ0) is 24.6. The Morgan fingerprint density at radius 1 is 1.03 bits per heavy atom. The van der Waals surface area contributed by atoms with Gasteiger partial charge < -0.3 is 16.8 Å². The topological polar surface area (TPSA) is 119 Å². The maximum Gasteiger partial charge on any atom is 0.251 e. The Labute approximate surface area is 208 Å². The van der Waals surface area contributed by atoms with Crippen molar-refractivity contribution >= 4 is 39.9 Å². The minimum absolute atomic E-state index is 0.160. The highest BCUT2D eigenvalue weighted by Gasteiger charge is 2.07. The van der Waals surface area contributed by atoms with E-state index >= 15 is 0 Å². The van der Waals surface area contributed by atoms with Gasteiger partial charge in [-0.3, -0.25) is 14.8 Å². The molecule has 0 aliphatic heterocycles. The highest BCUT2D eigenvalue weighted by molar-refractivity contribution is 6.31. The number of hydrogen-bond donors (Lipinski definition) is 3. The van der Waals surface area contributed by atoms with Gasteiger partial charge in [0.25, 0.3) is 5.91 Å². The number of amides is 1. The number of amidine groups is 1. The molecule has 0 spiro atoms. The van der Waals surface area contributed by atoms with Gasteiger partial charge in [0, 0.05) is 64.2 Å². The number of anilines is 1. The van der Waals surface area contributed by atoms with Gasteiger partial charge in [-0.2, -0.15) is 0 Å². The first kappa shape index (κ1) is 23.7. The number of nitrogen functional groups attached to an aromatic ring is 1. The van der Waals surface area contributed by atoms with Gasteiger partial charge in [0.05, 0.1) is 5.56 Å². The highest BCUT2D eigenvalue weighted by atomic mass is 35.5. The van der Waals surface area contributed by atoms with Gasteiger partial charge in [-0.15, -0.1) is 0 Å². The number of hydrogen-bond acceptors (Lipinski definition) is 5. The quantitative estimate of drug-likeness (QED) is 0.167. The lowest BCUT2D eigenvalue weighted by Gasteiger charge is -2.05. The number of rotatable bonds is 6. The molecule has 0 saturated carbocycles. The van der Waals surface area contributed by atoms with Crippen molar-refractivity contribution in [2.45, 2.75) is 6.42 Å². The van der Waals surface area contributed by atoms with Crippen LogP contribution in [0.5, 0.6) is 0 Å². The third kappa shape index (κ3) is 6.14. The Hall–Kier alpha value is -4.41. The minimum atomic E-state index is -0.160. The number of halogens is 1. The lowest BCUT2D eigenvalue weighted by Crippen LogP contribution is -2.25. The van der Waals surface area contributed by atoms with Crippen molar-refractivity contribution < 1.29 is 4.79 Å². The molecule has 7 nitrogen and oxygen atoms in total. The molecule has 8 heteroatoms. The molecule has 0 saturated heterocycles. The number of benzene rings is 2. The number of nitrogens with two attached hydrogens (primary N) is 2. The summed E-state index contributed by atoms with van der Waals surface area (Å²) in [7, 11) is 0. The predicted octanol–water partition coefficient (Wildman–Crippen LogP) is 3.79. The van der Waals surface area contributed by atoms with Gasteiger partial charge >= 0.3 is 0 Å². The summed E-state index contributed by atoms with van der Waals surface area (Å²) in [4.78, 5) is 24.9. The molecule has 0 radical (unpaired) electrons. The molecule has 0 aliphatic carbocycles. The second-order valence-electron chi connectivity index (χ2n) is 7.69. The molecular weight excluding hydrogens is 460 g/mol. The molecule has 4 aromatic rings. The molecule has 2 aromatic heterocycles. The third-order valence-corrected chi connectivity index (χ3v) is 5.48. The minimum Gasteiger partial charge on any atom is -0.384 e. The summed E-state index contributed by atoms with van der Waals surface area (Å²) in [6, 6.07) is 16.2. The molecule has 0 aliphatic rings. The standard InChI is InChI=1S/C27H23ClN6O/c28-22-8-7-21-17-34-26(30)23(24(21)16-22)9-4-18-2-5-20(6-3-18)27(35)33-13-1-12-32-25(29)19-10-14-31-15-11-19/h2-3,5-8,10-11,14-17H,1,12-13H2,(H2,29,32)(H2,30,34)(H,33,35). The molecule has 2 heterocycles. The van der Waals surface area contributed by atoms with Crippen LogP contribution in [0.15, 0.2) is 78.2 Å². The Bertz CT molecular complexity index is 1430. The summed E-state index contributed by atoms with van der Waals surface area (Å²) >= 11 is 6.14. The van der Waals surface area contributed by atoms with Gasteiger partial charge in [0.15, 0.2) is 0 Å². The zero-order valence-electron chi connectivity index (χ0n) is 18.8. The smallest absolute Gasteiger partial charge is 0.251 e. The summed E-state index contributed by atoms with van der Waals surface area (Å²) in [6.07, 6.45) is 5.70. The van der Waals surface area contributed by atoms with Crippen molar-refractivity contribution in [3.63, 3.8) is 0 Å². The lowest BCUT2D eigenvalue weighted by atomic mass is 10.1. The van der Waals surface area contributed by atoms with Crippen molar-refractivity contribution in [2.24, 2.45) is 10.7 Å². The van der Waals surface area contributed by atoms with Crippen LogP contribution in [0.3, 0.4) is 0 Å². The van der Waals surface area contributed by atoms with Crippen LogP contribution in [0.25, 0.3) is 10.8 Å². The van der Waals surface area contributed by atoms with E-state index in [1.165, 1.54) is 0 Å². The van der Waals surface area contributed by atoms with Crippen molar-refractivity contribution in [1.29, 1.82) is 0 Å². The maximum absolute atomic E-state index is 12.4. The number of aliphatic imine (C=N–C) groups is 1. The molecule has 0 unspecified atom stereocenters. The van der Waals surface area contributed by atoms with Crippen LogP contribution in [0.4, 0.5) is 5.82 Å². The summed E-state index contributed by atoms with van der Waals surface area (Å²) in [5.74, 6) is 6.82. The van der Waals surface area contributed by atoms with E-state index in [9.17, 15) is 4.79 Å². The molecule has 0 fully saturated rings. The molecule has 174 valence electrons. The van der Waals surface area contributed by atoms with E-state index in [1.54, 1.807) is 61.1 Å². The Balaban J connectivity index is 1.34. The first-order valence-corrected chi connectivity index (χ1v) is 11.3. The van der Waals surface area contributed by atoms with Crippen molar-refractivity contribution in [1.82, 2.24) is 15.3 Å². The van der Waals surface area contributed by atoms with Gasteiger partial charge in [-0.25, -0.2) is 4.98 Å². The number of carbonyl (C=O) groups is 1. The van der Waals surface area contributed by atoms with E-state index in [-0.39, 0.29) is 5.91 Å².